The summed E-state index contributed by atoms with van der Waals surface area (Å²) in [5.74, 6) is 1.52. The normalized spacial score (nSPS) is 15.2. The van der Waals surface area contributed by atoms with Gasteiger partial charge in [-0.25, -0.2) is 0 Å². The maximum atomic E-state index is 12.4. The van der Waals surface area contributed by atoms with Crippen molar-refractivity contribution in [2.45, 2.75) is 13.1 Å². The molecule has 1 amide bonds. The molecular weight excluding hydrogens is 354 g/mol. The van der Waals surface area contributed by atoms with Gasteiger partial charge < -0.3 is 14.8 Å². The van der Waals surface area contributed by atoms with Crippen LogP contribution >= 0.6 is 0 Å². The van der Waals surface area contributed by atoms with Crippen molar-refractivity contribution in [2.75, 3.05) is 46.9 Å². The van der Waals surface area contributed by atoms with Crippen molar-refractivity contribution in [3.63, 3.8) is 0 Å². The quantitative estimate of drug-likeness (QED) is 0.757. The molecule has 28 heavy (non-hydrogen) atoms. The topological polar surface area (TPSA) is 54.0 Å². The molecule has 0 saturated carbocycles. The lowest BCUT2D eigenvalue weighted by Crippen LogP contribution is -2.49. The van der Waals surface area contributed by atoms with Gasteiger partial charge in [-0.05, 0) is 23.8 Å². The van der Waals surface area contributed by atoms with Gasteiger partial charge in [0.2, 0.25) is 5.91 Å². The molecule has 2 aromatic rings. The highest BCUT2D eigenvalue weighted by atomic mass is 16.5. The molecule has 0 aromatic heterocycles. The first-order chi connectivity index (χ1) is 13.7. The Bertz CT molecular complexity index is 759. The molecule has 1 fully saturated rings. The van der Waals surface area contributed by atoms with Crippen LogP contribution in [0.25, 0.3) is 0 Å². The molecule has 2 aromatic carbocycles. The number of amides is 1. The summed E-state index contributed by atoms with van der Waals surface area (Å²) in [6, 6.07) is 16.1. The molecular formula is C22H29N3O3. The summed E-state index contributed by atoms with van der Waals surface area (Å²) in [6.07, 6.45) is 0. The lowest BCUT2D eigenvalue weighted by atomic mass is 10.2. The predicted molar refractivity (Wildman–Crippen MR) is 110 cm³/mol. The van der Waals surface area contributed by atoms with Gasteiger partial charge in [0.05, 0.1) is 20.8 Å². The van der Waals surface area contributed by atoms with Crippen molar-refractivity contribution in [1.82, 2.24) is 15.1 Å². The molecule has 150 valence electrons. The van der Waals surface area contributed by atoms with E-state index in [0.29, 0.717) is 13.1 Å². The Balaban J connectivity index is 1.42. The van der Waals surface area contributed by atoms with Crippen molar-refractivity contribution in [3.05, 3.63) is 59.7 Å². The fourth-order valence-corrected chi connectivity index (χ4v) is 3.42. The van der Waals surface area contributed by atoms with E-state index in [2.05, 4.69) is 39.4 Å². The highest BCUT2D eigenvalue weighted by Gasteiger charge is 2.19. The van der Waals surface area contributed by atoms with Gasteiger partial charge >= 0.3 is 0 Å². The van der Waals surface area contributed by atoms with E-state index in [1.165, 1.54) is 5.56 Å². The number of hydrogen-bond acceptors (Lipinski definition) is 5. The van der Waals surface area contributed by atoms with E-state index in [9.17, 15) is 4.79 Å². The third kappa shape index (κ3) is 5.71. The van der Waals surface area contributed by atoms with Gasteiger partial charge in [-0.3, -0.25) is 14.6 Å². The van der Waals surface area contributed by atoms with Crippen LogP contribution in [0.15, 0.2) is 48.5 Å². The van der Waals surface area contributed by atoms with Crippen LogP contribution in [0.2, 0.25) is 0 Å². The molecule has 0 atom stereocenters. The van der Waals surface area contributed by atoms with Gasteiger partial charge in [0.1, 0.15) is 11.5 Å². The Kier molecular flexibility index (Phi) is 7.28. The summed E-state index contributed by atoms with van der Waals surface area (Å²) in [5.41, 5.74) is 2.24. The Hall–Kier alpha value is -2.57. The summed E-state index contributed by atoms with van der Waals surface area (Å²) in [7, 11) is 3.25. The van der Waals surface area contributed by atoms with Crippen molar-refractivity contribution >= 4 is 5.91 Å². The Morgan fingerprint density at radius 3 is 2.36 bits per heavy atom. The van der Waals surface area contributed by atoms with Crippen molar-refractivity contribution in [1.29, 1.82) is 0 Å². The molecule has 0 bridgehead atoms. The first-order valence-corrected chi connectivity index (χ1v) is 9.64. The smallest absolute Gasteiger partial charge is 0.234 e. The van der Waals surface area contributed by atoms with Crippen LogP contribution in [0.4, 0.5) is 0 Å². The minimum absolute atomic E-state index is 0.0291. The average molecular weight is 383 g/mol. The number of nitrogens with zero attached hydrogens (tertiary/aromatic N) is 2. The third-order valence-electron chi connectivity index (χ3n) is 5.04. The van der Waals surface area contributed by atoms with E-state index in [-0.39, 0.29) is 5.91 Å². The summed E-state index contributed by atoms with van der Waals surface area (Å²) >= 11 is 0. The Labute approximate surface area is 167 Å². The van der Waals surface area contributed by atoms with Crippen molar-refractivity contribution in [3.8, 4) is 11.5 Å². The van der Waals surface area contributed by atoms with Gasteiger partial charge in [0, 0.05) is 44.8 Å². The second kappa shape index (κ2) is 10.1. The number of piperazine rings is 1. The minimum atomic E-state index is 0.0291. The van der Waals surface area contributed by atoms with Crippen LogP contribution in [0.5, 0.6) is 11.5 Å². The van der Waals surface area contributed by atoms with Gasteiger partial charge in [-0.15, -0.1) is 0 Å². The lowest BCUT2D eigenvalue weighted by molar-refractivity contribution is -0.122. The van der Waals surface area contributed by atoms with E-state index >= 15 is 0 Å². The fourth-order valence-electron chi connectivity index (χ4n) is 3.42. The van der Waals surface area contributed by atoms with Crippen molar-refractivity contribution < 1.29 is 14.3 Å². The highest BCUT2D eigenvalue weighted by molar-refractivity contribution is 5.78. The number of rotatable bonds is 8. The average Bonchev–Trinajstić information content (AvgIpc) is 2.74. The number of nitrogens with one attached hydrogen (secondary N) is 1. The molecule has 6 heteroatoms. The molecule has 1 aliphatic heterocycles. The first-order valence-electron chi connectivity index (χ1n) is 9.64. The molecule has 0 radical (unpaired) electrons. The molecule has 1 N–H and O–H groups in total. The predicted octanol–water partition coefficient (Wildman–Crippen LogP) is 2.14. The standard InChI is InChI=1S/C22H29N3O3/c1-27-20-8-9-21(28-2)19(14-20)15-23-22(26)17-25-12-10-24(11-13-25)16-18-6-4-3-5-7-18/h3-9,14H,10-13,15-17H2,1-2H3,(H,23,26). The number of carbonyl (C=O) groups excluding carboxylic acids is 1. The van der Waals surface area contributed by atoms with Crippen LogP contribution in [0.1, 0.15) is 11.1 Å². The number of ether oxygens (including phenoxy) is 2. The molecule has 1 aliphatic rings. The van der Waals surface area contributed by atoms with Crippen LogP contribution in [0.3, 0.4) is 0 Å². The van der Waals surface area contributed by atoms with Gasteiger partial charge in [-0.1, -0.05) is 30.3 Å². The van der Waals surface area contributed by atoms with Crippen LogP contribution in [0, 0.1) is 0 Å². The molecule has 0 spiro atoms. The van der Waals surface area contributed by atoms with E-state index in [4.69, 9.17) is 9.47 Å². The molecule has 0 unspecified atom stereocenters. The minimum Gasteiger partial charge on any atom is -0.497 e. The first kappa shape index (κ1) is 20.2. The zero-order chi connectivity index (χ0) is 19.8. The maximum absolute atomic E-state index is 12.4. The maximum Gasteiger partial charge on any atom is 0.234 e. The zero-order valence-corrected chi connectivity index (χ0v) is 16.7. The van der Waals surface area contributed by atoms with Gasteiger partial charge in [0.25, 0.3) is 0 Å². The number of hydrogen-bond donors (Lipinski definition) is 1. The number of methoxy groups -OCH3 is 2. The summed E-state index contributed by atoms with van der Waals surface area (Å²) < 4.78 is 10.6. The largest absolute Gasteiger partial charge is 0.497 e. The SMILES string of the molecule is COc1ccc(OC)c(CNC(=O)CN2CCN(Cc3ccccc3)CC2)c1. The zero-order valence-electron chi connectivity index (χ0n) is 16.7. The summed E-state index contributed by atoms with van der Waals surface area (Å²) in [6.45, 7) is 5.58. The van der Waals surface area contributed by atoms with Crippen LogP contribution < -0.4 is 14.8 Å². The molecule has 1 heterocycles. The third-order valence-corrected chi connectivity index (χ3v) is 5.04. The molecule has 3 rings (SSSR count). The fraction of sp³-hybridized carbons (Fsp3) is 0.409. The van der Waals surface area contributed by atoms with E-state index < -0.39 is 0 Å². The summed E-state index contributed by atoms with van der Waals surface area (Å²) in [4.78, 5) is 17.0. The van der Waals surface area contributed by atoms with Crippen molar-refractivity contribution in [2.24, 2.45) is 0 Å². The molecule has 0 aliphatic carbocycles. The highest BCUT2D eigenvalue weighted by Crippen LogP contribution is 2.23. The Morgan fingerprint density at radius 2 is 1.68 bits per heavy atom. The van der Waals surface area contributed by atoms with Gasteiger partial charge in [0.15, 0.2) is 0 Å². The van der Waals surface area contributed by atoms with E-state index in [1.54, 1.807) is 14.2 Å². The number of carbonyl (C=O) groups is 1. The lowest BCUT2D eigenvalue weighted by Gasteiger charge is -2.34. The van der Waals surface area contributed by atoms with E-state index in [0.717, 1.165) is 49.8 Å². The van der Waals surface area contributed by atoms with Crippen LogP contribution in [-0.4, -0.2) is 62.7 Å². The molecule has 1 saturated heterocycles. The van der Waals surface area contributed by atoms with Crippen LogP contribution in [-0.2, 0) is 17.9 Å². The monoisotopic (exact) mass is 383 g/mol. The van der Waals surface area contributed by atoms with Gasteiger partial charge in [-0.2, -0.15) is 0 Å². The number of benzene rings is 2. The second-order valence-electron chi connectivity index (χ2n) is 6.99. The Morgan fingerprint density at radius 1 is 0.964 bits per heavy atom. The van der Waals surface area contributed by atoms with E-state index in [1.807, 2.05) is 24.3 Å². The second-order valence-corrected chi connectivity index (χ2v) is 6.99. The summed E-state index contributed by atoms with van der Waals surface area (Å²) in [5, 5.41) is 2.99. The molecule has 6 nitrogen and oxygen atoms in total.